The van der Waals surface area contributed by atoms with Crippen molar-refractivity contribution in [2.24, 2.45) is 0 Å². The van der Waals surface area contributed by atoms with E-state index in [0.29, 0.717) is 5.82 Å². The molecule has 0 bridgehead atoms. The molecule has 0 aliphatic rings. The first-order valence-corrected chi connectivity index (χ1v) is 5.33. The van der Waals surface area contributed by atoms with Crippen LogP contribution in [0.25, 0.3) is 0 Å². The number of rotatable bonds is 3. The highest BCUT2D eigenvalue weighted by molar-refractivity contribution is 5.70. The van der Waals surface area contributed by atoms with Crippen molar-refractivity contribution in [1.29, 1.82) is 0 Å². The Kier molecular flexibility index (Phi) is 3.14. The second-order valence-corrected chi connectivity index (χ2v) is 3.75. The molecule has 0 aliphatic carbocycles. The molecule has 0 fully saturated rings. The lowest BCUT2D eigenvalue weighted by Crippen LogP contribution is -1.98. The van der Waals surface area contributed by atoms with Crippen LogP contribution in [0, 0.1) is 6.92 Å². The zero-order chi connectivity index (χ0) is 12.3. The number of nitrogens with two attached hydrogens (primary N) is 1. The zero-order valence-electron chi connectivity index (χ0n) is 9.90. The maximum absolute atomic E-state index is 5.76. The Labute approximate surface area is 100 Å². The van der Waals surface area contributed by atoms with Crippen LogP contribution in [0.4, 0.5) is 17.2 Å². The van der Waals surface area contributed by atoms with Gasteiger partial charge in [-0.3, -0.25) is 0 Å². The average Bonchev–Trinajstić information content (AvgIpc) is 2.32. The van der Waals surface area contributed by atoms with E-state index in [9.17, 15) is 0 Å². The minimum absolute atomic E-state index is 0.487. The summed E-state index contributed by atoms with van der Waals surface area (Å²) in [6.07, 6.45) is 1.67. The van der Waals surface area contributed by atoms with Crippen LogP contribution in [0.5, 0.6) is 5.75 Å². The van der Waals surface area contributed by atoms with Gasteiger partial charge in [-0.15, -0.1) is 0 Å². The van der Waals surface area contributed by atoms with Gasteiger partial charge in [0.25, 0.3) is 0 Å². The summed E-state index contributed by atoms with van der Waals surface area (Å²) in [7, 11) is 1.66. The highest BCUT2D eigenvalue weighted by atomic mass is 16.5. The summed E-state index contributed by atoms with van der Waals surface area (Å²) in [6.45, 7) is 2.00. The van der Waals surface area contributed by atoms with Crippen LogP contribution >= 0.6 is 0 Å². The molecule has 0 unspecified atom stereocenters. The van der Waals surface area contributed by atoms with Crippen molar-refractivity contribution in [3.05, 3.63) is 42.1 Å². The lowest BCUT2D eigenvalue weighted by atomic mass is 10.2. The van der Waals surface area contributed by atoms with Gasteiger partial charge in [-0.05, 0) is 42.8 Å². The van der Waals surface area contributed by atoms with Gasteiger partial charge in [0.2, 0.25) is 0 Å². The monoisotopic (exact) mass is 229 g/mol. The maximum Gasteiger partial charge on any atom is 0.147 e. The fourth-order valence-electron chi connectivity index (χ4n) is 1.63. The Morgan fingerprint density at radius 2 is 2.12 bits per heavy atom. The minimum atomic E-state index is 0.487. The van der Waals surface area contributed by atoms with E-state index in [4.69, 9.17) is 10.5 Å². The second-order valence-electron chi connectivity index (χ2n) is 3.75. The SMILES string of the molecule is COc1ccc(Nc2cccnc2N)cc1C. The zero-order valence-corrected chi connectivity index (χ0v) is 9.90. The highest BCUT2D eigenvalue weighted by Gasteiger charge is 2.02. The summed E-state index contributed by atoms with van der Waals surface area (Å²) in [4.78, 5) is 4.02. The molecule has 1 aromatic heterocycles. The molecule has 1 heterocycles. The van der Waals surface area contributed by atoms with E-state index in [1.807, 2.05) is 37.3 Å². The number of anilines is 3. The van der Waals surface area contributed by atoms with Gasteiger partial charge in [0, 0.05) is 11.9 Å². The van der Waals surface area contributed by atoms with Crippen LogP contribution in [0.1, 0.15) is 5.56 Å². The van der Waals surface area contributed by atoms with E-state index < -0.39 is 0 Å². The molecule has 0 atom stereocenters. The summed E-state index contributed by atoms with van der Waals surface area (Å²) in [6, 6.07) is 9.60. The van der Waals surface area contributed by atoms with E-state index in [-0.39, 0.29) is 0 Å². The van der Waals surface area contributed by atoms with Crippen molar-refractivity contribution >= 4 is 17.2 Å². The van der Waals surface area contributed by atoms with Crippen molar-refractivity contribution in [1.82, 2.24) is 4.98 Å². The van der Waals surface area contributed by atoms with E-state index in [0.717, 1.165) is 22.7 Å². The van der Waals surface area contributed by atoms with Crippen LogP contribution < -0.4 is 15.8 Å². The van der Waals surface area contributed by atoms with Gasteiger partial charge in [0.1, 0.15) is 11.6 Å². The molecule has 17 heavy (non-hydrogen) atoms. The van der Waals surface area contributed by atoms with Crippen LogP contribution in [-0.2, 0) is 0 Å². The third-order valence-electron chi connectivity index (χ3n) is 2.51. The molecule has 3 N–H and O–H groups in total. The number of methoxy groups -OCH3 is 1. The summed E-state index contributed by atoms with van der Waals surface area (Å²) in [5, 5.41) is 3.22. The first-order valence-electron chi connectivity index (χ1n) is 5.33. The number of hydrogen-bond acceptors (Lipinski definition) is 4. The van der Waals surface area contributed by atoms with E-state index >= 15 is 0 Å². The van der Waals surface area contributed by atoms with Crippen molar-refractivity contribution in [2.45, 2.75) is 6.92 Å². The Bertz CT molecular complexity index is 526. The molecular weight excluding hydrogens is 214 g/mol. The summed E-state index contributed by atoms with van der Waals surface area (Å²) >= 11 is 0. The molecule has 0 saturated heterocycles. The number of hydrogen-bond donors (Lipinski definition) is 2. The van der Waals surface area contributed by atoms with Gasteiger partial charge in [-0.2, -0.15) is 0 Å². The van der Waals surface area contributed by atoms with Gasteiger partial charge >= 0.3 is 0 Å². The average molecular weight is 229 g/mol. The third kappa shape index (κ3) is 2.47. The van der Waals surface area contributed by atoms with Crippen LogP contribution in [0.15, 0.2) is 36.5 Å². The molecule has 88 valence electrons. The number of nitrogen functional groups attached to an aromatic ring is 1. The lowest BCUT2D eigenvalue weighted by molar-refractivity contribution is 0.412. The van der Waals surface area contributed by atoms with Gasteiger partial charge in [-0.25, -0.2) is 4.98 Å². The molecule has 2 rings (SSSR count). The molecule has 4 nitrogen and oxygen atoms in total. The van der Waals surface area contributed by atoms with Crippen LogP contribution in [0.2, 0.25) is 0 Å². The molecule has 4 heteroatoms. The maximum atomic E-state index is 5.76. The van der Waals surface area contributed by atoms with E-state index in [1.54, 1.807) is 13.3 Å². The van der Waals surface area contributed by atoms with Gasteiger partial charge in [-0.1, -0.05) is 0 Å². The minimum Gasteiger partial charge on any atom is -0.496 e. The van der Waals surface area contributed by atoms with Crippen molar-refractivity contribution in [3.63, 3.8) is 0 Å². The van der Waals surface area contributed by atoms with Crippen molar-refractivity contribution in [3.8, 4) is 5.75 Å². The predicted molar refractivity (Wildman–Crippen MR) is 69.7 cm³/mol. The molecule has 1 aromatic carbocycles. The van der Waals surface area contributed by atoms with E-state index in [1.165, 1.54) is 0 Å². The molecule has 0 saturated carbocycles. The first-order chi connectivity index (χ1) is 8.20. The van der Waals surface area contributed by atoms with Crippen molar-refractivity contribution in [2.75, 3.05) is 18.2 Å². The summed E-state index contributed by atoms with van der Waals surface area (Å²) in [5.74, 6) is 1.36. The number of aryl methyl sites for hydroxylation is 1. The molecule has 2 aromatic rings. The number of ether oxygens (including phenoxy) is 1. The van der Waals surface area contributed by atoms with Crippen LogP contribution in [0.3, 0.4) is 0 Å². The van der Waals surface area contributed by atoms with E-state index in [2.05, 4.69) is 10.3 Å². The first kappa shape index (κ1) is 11.3. The molecule has 0 amide bonds. The lowest BCUT2D eigenvalue weighted by Gasteiger charge is -2.10. The Hall–Kier alpha value is -2.23. The second kappa shape index (κ2) is 4.74. The van der Waals surface area contributed by atoms with Crippen molar-refractivity contribution < 1.29 is 4.74 Å². The topological polar surface area (TPSA) is 60.2 Å². The predicted octanol–water partition coefficient (Wildman–Crippen LogP) is 2.72. The fraction of sp³-hybridized carbons (Fsp3) is 0.154. The third-order valence-corrected chi connectivity index (χ3v) is 2.51. The quantitative estimate of drug-likeness (QED) is 0.849. The van der Waals surface area contributed by atoms with Gasteiger partial charge < -0.3 is 15.8 Å². The number of aromatic nitrogens is 1. The van der Waals surface area contributed by atoms with Crippen LogP contribution in [-0.4, -0.2) is 12.1 Å². The molecule has 0 aliphatic heterocycles. The Balaban J connectivity index is 2.25. The summed E-state index contributed by atoms with van der Waals surface area (Å²) in [5.41, 5.74) is 8.60. The normalized spacial score (nSPS) is 10.0. The number of nitrogens with zero attached hydrogens (tertiary/aromatic N) is 1. The molecular formula is C13H15N3O. The van der Waals surface area contributed by atoms with Gasteiger partial charge in [0.15, 0.2) is 0 Å². The largest absolute Gasteiger partial charge is 0.496 e. The Morgan fingerprint density at radius 1 is 1.29 bits per heavy atom. The van der Waals surface area contributed by atoms with Gasteiger partial charge in [0.05, 0.1) is 12.8 Å². The fourth-order valence-corrected chi connectivity index (χ4v) is 1.63. The Morgan fingerprint density at radius 3 is 2.76 bits per heavy atom. The number of benzene rings is 1. The smallest absolute Gasteiger partial charge is 0.147 e. The number of pyridine rings is 1. The molecule has 0 radical (unpaired) electrons. The highest BCUT2D eigenvalue weighted by Crippen LogP contribution is 2.25. The summed E-state index contributed by atoms with van der Waals surface area (Å²) < 4.78 is 5.21. The molecule has 0 spiro atoms. The standard InChI is InChI=1S/C13H15N3O/c1-9-8-10(5-6-12(9)17-2)16-11-4-3-7-15-13(11)14/h3-8,16H,1-2H3,(H2,14,15). The number of nitrogens with one attached hydrogen (secondary N) is 1.